The molecular formula is C17H18N2O3S. The van der Waals surface area contributed by atoms with E-state index in [1.54, 1.807) is 22.9 Å². The maximum atomic E-state index is 12.1. The summed E-state index contributed by atoms with van der Waals surface area (Å²) in [6.07, 6.45) is 0. The highest BCUT2D eigenvalue weighted by Crippen LogP contribution is 2.31. The molecule has 1 N–H and O–H groups in total. The first-order valence-corrected chi connectivity index (χ1v) is 8.24. The van der Waals surface area contributed by atoms with E-state index in [0.29, 0.717) is 17.9 Å². The van der Waals surface area contributed by atoms with Gasteiger partial charge in [0.2, 0.25) is 0 Å². The number of fused-ring (bicyclic) bond motifs is 1. The Morgan fingerprint density at radius 1 is 1.39 bits per heavy atom. The molecule has 2 heterocycles. The van der Waals surface area contributed by atoms with Crippen molar-refractivity contribution in [2.24, 2.45) is 0 Å². The smallest absolute Gasteiger partial charge is 0.341 e. The highest BCUT2D eigenvalue weighted by atomic mass is 32.1. The molecule has 0 bridgehead atoms. The third kappa shape index (κ3) is 2.64. The summed E-state index contributed by atoms with van der Waals surface area (Å²) in [6.45, 7) is 5.81. The molecule has 2 aromatic heterocycles. The number of carbonyl (C=O) groups excluding carboxylic acids is 1. The van der Waals surface area contributed by atoms with Gasteiger partial charge in [0.25, 0.3) is 0 Å². The van der Waals surface area contributed by atoms with E-state index in [0.717, 1.165) is 26.3 Å². The fourth-order valence-electron chi connectivity index (χ4n) is 2.74. The minimum absolute atomic E-state index is 0.0178. The molecule has 120 valence electrons. The zero-order valence-electron chi connectivity index (χ0n) is 13.3. The summed E-state index contributed by atoms with van der Waals surface area (Å²) < 4.78 is 7.98. The van der Waals surface area contributed by atoms with Crippen LogP contribution in [0.5, 0.6) is 0 Å². The van der Waals surface area contributed by atoms with Crippen LogP contribution in [0.2, 0.25) is 0 Å². The van der Waals surface area contributed by atoms with E-state index < -0.39 is 0 Å². The Morgan fingerprint density at radius 2 is 2.17 bits per heavy atom. The molecule has 6 heteroatoms. The second-order valence-corrected chi connectivity index (χ2v) is 6.41. The number of benzene rings is 1. The van der Waals surface area contributed by atoms with Gasteiger partial charge in [0.05, 0.1) is 30.3 Å². The Hall–Kier alpha value is -2.18. The second kappa shape index (κ2) is 6.14. The lowest BCUT2D eigenvalue weighted by atomic mass is 10.2. The van der Waals surface area contributed by atoms with E-state index in [-0.39, 0.29) is 12.6 Å². The lowest BCUT2D eigenvalue weighted by molar-refractivity contribution is 0.0524. The number of aliphatic hydroxyl groups is 1. The Bertz CT molecular complexity index is 879. The van der Waals surface area contributed by atoms with Gasteiger partial charge in [0.1, 0.15) is 5.56 Å². The molecule has 0 aliphatic rings. The van der Waals surface area contributed by atoms with Gasteiger partial charge in [0.15, 0.2) is 0 Å². The average Bonchev–Trinajstić information content (AvgIpc) is 3.07. The molecule has 0 fully saturated rings. The number of ether oxygens (including phenoxy) is 1. The summed E-state index contributed by atoms with van der Waals surface area (Å²) in [4.78, 5) is 13.0. The van der Waals surface area contributed by atoms with Crippen molar-refractivity contribution in [2.45, 2.75) is 27.4 Å². The number of rotatable bonds is 4. The highest BCUT2D eigenvalue weighted by Gasteiger charge is 2.21. The summed E-state index contributed by atoms with van der Waals surface area (Å²) in [5, 5.41) is 14.9. The number of carbonyl (C=O) groups is 1. The lowest BCUT2D eigenvalue weighted by Crippen LogP contribution is -2.07. The molecular weight excluding hydrogens is 312 g/mol. The molecule has 0 unspecified atom stereocenters. The molecule has 0 atom stereocenters. The quantitative estimate of drug-likeness (QED) is 0.745. The van der Waals surface area contributed by atoms with E-state index >= 15 is 0 Å². The number of aliphatic hydroxyl groups excluding tert-OH is 1. The zero-order chi connectivity index (χ0) is 16.6. The molecule has 0 aliphatic heterocycles. The van der Waals surface area contributed by atoms with Crippen molar-refractivity contribution in [3.8, 4) is 5.69 Å². The Kier molecular flexibility index (Phi) is 4.19. The molecule has 3 aromatic rings. The summed E-state index contributed by atoms with van der Waals surface area (Å²) in [5.41, 5.74) is 2.82. The normalized spacial score (nSPS) is 11.1. The third-order valence-electron chi connectivity index (χ3n) is 3.74. The van der Waals surface area contributed by atoms with Crippen LogP contribution in [0.25, 0.3) is 15.8 Å². The minimum Gasteiger partial charge on any atom is -0.462 e. The van der Waals surface area contributed by atoms with E-state index in [4.69, 9.17) is 4.74 Å². The first kappa shape index (κ1) is 15.7. The topological polar surface area (TPSA) is 64.3 Å². The SMILES string of the molecule is CCOC(=O)c1c(C)nn(-c2cccc3sc(CO)cc23)c1C. The summed E-state index contributed by atoms with van der Waals surface area (Å²) >= 11 is 1.55. The van der Waals surface area contributed by atoms with Gasteiger partial charge in [0, 0.05) is 15.0 Å². The third-order valence-corrected chi connectivity index (χ3v) is 4.83. The summed E-state index contributed by atoms with van der Waals surface area (Å²) in [7, 11) is 0. The van der Waals surface area contributed by atoms with Gasteiger partial charge < -0.3 is 9.84 Å². The van der Waals surface area contributed by atoms with Crippen LogP contribution in [0.1, 0.15) is 33.5 Å². The first-order valence-electron chi connectivity index (χ1n) is 7.42. The van der Waals surface area contributed by atoms with Crippen molar-refractivity contribution in [1.82, 2.24) is 9.78 Å². The number of hydrogen-bond donors (Lipinski definition) is 1. The molecule has 0 aliphatic carbocycles. The molecule has 0 saturated carbocycles. The zero-order valence-corrected chi connectivity index (χ0v) is 14.1. The van der Waals surface area contributed by atoms with Gasteiger partial charge >= 0.3 is 5.97 Å². The number of thiophene rings is 1. The van der Waals surface area contributed by atoms with Crippen LogP contribution in [-0.2, 0) is 11.3 Å². The number of aromatic nitrogens is 2. The largest absolute Gasteiger partial charge is 0.462 e. The average molecular weight is 330 g/mol. The molecule has 3 rings (SSSR count). The predicted octanol–water partition coefficient (Wildman–Crippen LogP) is 3.37. The number of aryl methyl sites for hydroxylation is 1. The van der Waals surface area contributed by atoms with Crippen molar-refractivity contribution in [3.63, 3.8) is 0 Å². The first-order chi connectivity index (χ1) is 11.1. The van der Waals surface area contributed by atoms with Crippen molar-refractivity contribution >= 4 is 27.4 Å². The van der Waals surface area contributed by atoms with Gasteiger partial charge in [-0.1, -0.05) is 6.07 Å². The number of esters is 1. The minimum atomic E-state index is -0.345. The van der Waals surface area contributed by atoms with Gasteiger partial charge in [-0.2, -0.15) is 5.10 Å². The Morgan fingerprint density at radius 3 is 2.87 bits per heavy atom. The van der Waals surface area contributed by atoms with E-state index in [1.165, 1.54) is 0 Å². The molecule has 5 nitrogen and oxygen atoms in total. The van der Waals surface area contributed by atoms with Crippen molar-refractivity contribution in [2.75, 3.05) is 6.61 Å². The van der Waals surface area contributed by atoms with Crippen LogP contribution >= 0.6 is 11.3 Å². The molecule has 0 radical (unpaired) electrons. The standard InChI is InChI=1S/C17H18N2O3S/c1-4-22-17(21)16-10(2)18-19(11(16)3)14-6-5-7-15-13(14)8-12(9-20)23-15/h5-8,20H,4,9H2,1-3H3. The number of hydrogen-bond acceptors (Lipinski definition) is 5. The summed E-state index contributed by atoms with van der Waals surface area (Å²) in [5.74, 6) is -0.345. The Labute approximate surface area is 138 Å². The fourth-order valence-corrected chi connectivity index (χ4v) is 3.68. The van der Waals surface area contributed by atoms with Crippen LogP contribution in [0.4, 0.5) is 0 Å². The van der Waals surface area contributed by atoms with Crippen LogP contribution in [-0.4, -0.2) is 27.5 Å². The van der Waals surface area contributed by atoms with Gasteiger partial charge in [-0.25, -0.2) is 9.48 Å². The molecule has 1 aromatic carbocycles. The monoisotopic (exact) mass is 330 g/mol. The fraction of sp³-hybridized carbons (Fsp3) is 0.294. The van der Waals surface area contributed by atoms with Gasteiger partial charge in [-0.15, -0.1) is 11.3 Å². The van der Waals surface area contributed by atoms with Crippen LogP contribution in [0.15, 0.2) is 24.3 Å². The summed E-state index contributed by atoms with van der Waals surface area (Å²) in [6, 6.07) is 7.90. The lowest BCUT2D eigenvalue weighted by Gasteiger charge is -2.07. The van der Waals surface area contributed by atoms with Crippen molar-refractivity contribution in [3.05, 3.63) is 46.1 Å². The second-order valence-electron chi connectivity index (χ2n) is 5.24. The molecule has 23 heavy (non-hydrogen) atoms. The highest BCUT2D eigenvalue weighted by molar-refractivity contribution is 7.19. The number of nitrogens with zero attached hydrogens (tertiary/aromatic N) is 2. The van der Waals surface area contributed by atoms with Crippen molar-refractivity contribution < 1.29 is 14.6 Å². The molecule has 0 amide bonds. The van der Waals surface area contributed by atoms with Crippen LogP contribution in [0, 0.1) is 13.8 Å². The van der Waals surface area contributed by atoms with Crippen LogP contribution < -0.4 is 0 Å². The van der Waals surface area contributed by atoms with Gasteiger partial charge in [-0.3, -0.25) is 0 Å². The maximum Gasteiger partial charge on any atom is 0.341 e. The molecule has 0 saturated heterocycles. The molecule has 0 spiro atoms. The van der Waals surface area contributed by atoms with Crippen LogP contribution in [0.3, 0.4) is 0 Å². The van der Waals surface area contributed by atoms with Crippen molar-refractivity contribution in [1.29, 1.82) is 0 Å². The maximum absolute atomic E-state index is 12.1. The predicted molar refractivity (Wildman–Crippen MR) is 90.3 cm³/mol. The van der Waals surface area contributed by atoms with E-state index in [2.05, 4.69) is 5.10 Å². The van der Waals surface area contributed by atoms with E-state index in [9.17, 15) is 9.90 Å². The van der Waals surface area contributed by atoms with Gasteiger partial charge in [-0.05, 0) is 39.0 Å². The van der Waals surface area contributed by atoms with E-state index in [1.807, 2.05) is 38.1 Å². The Balaban J connectivity index is 2.18.